The van der Waals surface area contributed by atoms with Gasteiger partial charge < -0.3 is 9.30 Å². The molecular weight excluding hydrogens is 218 g/mol. The molecule has 1 N–H and O–H groups in total. The Morgan fingerprint density at radius 3 is 2.71 bits per heavy atom. The third kappa shape index (κ3) is 3.30. The monoisotopic (exact) mass is 239 g/mol. The maximum absolute atomic E-state index is 11.9. The fraction of sp³-hybridized carbons (Fsp3) is 0.667. The Bertz CT molecular complexity index is 387. The fourth-order valence-corrected chi connectivity index (χ4v) is 1.94. The number of esters is 1. The second-order valence-corrected chi connectivity index (χ2v) is 4.73. The SMILES string of the molecule is COC(=O)C(C)(Cn1ccnc1C)NC(C)C. The number of carbonyl (C=O) groups excluding carboxylic acids is 1. The Labute approximate surface area is 102 Å². The van der Waals surface area contributed by atoms with Gasteiger partial charge in [-0.25, -0.2) is 9.78 Å². The van der Waals surface area contributed by atoms with Gasteiger partial charge in [0.25, 0.3) is 0 Å². The van der Waals surface area contributed by atoms with Gasteiger partial charge in [-0.15, -0.1) is 0 Å². The summed E-state index contributed by atoms with van der Waals surface area (Å²) >= 11 is 0. The van der Waals surface area contributed by atoms with E-state index in [-0.39, 0.29) is 12.0 Å². The van der Waals surface area contributed by atoms with Gasteiger partial charge in [0.15, 0.2) is 0 Å². The predicted octanol–water partition coefficient (Wildman–Crippen LogP) is 1.12. The summed E-state index contributed by atoms with van der Waals surface area (Å²) < 4.78 is 6.81. The smallest absolute Gasteiger partial charge is 0.327 e. The highest BCUT2D eigenvalue weighted by Gasteiger charge is 2.35. The summed E-state index contributed by atoms with van der Waals surface area (Å²) in [6.45, 7) is 8.26. The number of carbonyl (C=O) groups is 1. The van der Waals surface area contributed by atoms with Gasteiger partial charge in [-0.05, 0) is 27.7 Å². The first-order chi connectivity index (χ1) is 7.89. The second-order valence-electron chi connectivity index (χ2n) is 4.73. The molecule has 0 saturated carbocycles. The van der Waals surface area contributed by atoms with Gasteiger partial charge in [-0.2, -0.15) is 0 Å². The Morgan fingerprint density at radius 2 is 2.29 bits per heavy atom. The summed E-state index contributed by atoms with van der Waals surface area (Å²) in [5, 5.41) is 3.25. The van der Waals surface area contributed by atoms with Crippen molar-refractivity contribution in [2.75, 3.05) is 7.11 Å². The zero-order chi connectivity index (χ0) is 13.1. The number of rotatable bonds is 5. The highest BCUT2D eigenvalue weighted by Crippen LogP contribution is 2.13. The highest BCUT2D eigenvalue weighted by molar-refractivity contribution is 5.80. The zero-order valence-electron chi connectivity index (χ0n) is 11.2. The van der Waals surface area contributed by atoms with Crippen LogP contribution < -0.4 is 5.32 Å². The summed E-state index contributed by atoms with van der Waals surface area (Å²) in [7, 11) is 1.41. The van der Waals surface area contributed by atoms with Crippen LogP contribution in [0.15, 0.2) is 12.4 Å². The van der Waals surface area contributed by atoms with Gasteiger partial charge >= 0.3 is 5.97 Å². The van der Waals surface area contributed by atoms with E-state index in [2.05, 4.69) is 10.3 Å². The first-order valence-corrected chi connectivity index (χ1v) is 5.73. The number of imidazole rings is 1. The number of aromatic nitrogens is 2. The van der Waals surface area contributed by atoms with Gasteiger partial charge in [-0.3, -0.25) is 5.32 Å². The molecule has 0 amide bonds. The Balaban J connectivity index is 2.91. The highest BCUT2D eigenvalue weighted by atomic mass is 16.5. The van der Waals surface area contributed by atoms with Crippen molar-refractivity contribution >= 4 is 5.97 Å². The van der Waals surface area contributed by atoms with E-state index in [1.54, 1.807) is 6.20 Å². The van der Waals surface area contributed by atoms with E-state index < -0.39 is 5.54 Å². The van der Waals surface area contributed by atoms with E-state index in [0.717, 1.165) is 5.82 Å². The Hall–Kier alpha value is -1.36. The van der Waals surface area contributed by atoms with E-state index in [4.69, 9.17) is 4.74 Å². The van der Waals surface area contributed by atoms with Crippen LogP contribution in [0.2, 0.25) is 0 Å². The van der Waals surface area contributed by atoms with Crippen LogP contribution in [0.1, 0.15) is 26.6 Å². The molecule has 0 radical (unpaired) electrons. The molecule has 0 aromatic carbocycles. The molecule has 1 heterocycles. The minimum atomic E-state index is -0.742. The van der Waals surface area contributed by atoms with Crippen LogP contribution in [-0.2, 0) is 16.1 Å². The van der Waals surface area contributed by atoms with E-state index >= 15 is 0 Å². The predicted molar refractivity (Wildman–Crippen MR) is 65.7 cm³/mol. The number of nitrogens with zero attached hydrogens (tertiary/aromatic N) is 2. The fourth-order valence-electron chi connectivity index (χ4n) is 1.94. The quantitative estimate of drug-likeness (QED) is 0.782. The molecule has 0 bridgehead atoms. The summed E-state index contributed by atoms with van der Waals surface area (Å²) in [5.74, 6) is 0.616. The van der Waals surface area contributed by atoms with Crippen LogP contribution in [0.5, 0.6) is 0 Å². The van der Waals surface area contributed by atoms with Crippen molar-refractivity contribution in [2.24, 2.45) is 0 Å². The number of ether oxygens (including phenoxy) is 1. The van der Waals surface area contributed by atoms with Crippen molar-refractivity contribution in [2.45, 2.75) is 45.8 Å². The number of nitrogens with one attached hydrogen (secondary N) is 1. The number of hydrogen-bond donors (Lipinski definition) is 1. The van der Waals surface area contributed by atoms with Crippen LogP contribution in [0, 0.1) is 6.92 Å². The molecule has 1 atom stereocenters. The largest absolute Gasteiger partial charge is 0.468 e. The summed E-state index contributed by atoms with van der Waals surface area (Å²) in [6, 6.07) is 0.197. The molecular formula is C12H21N3O2. The average Bonchev–Trinajstić information content (AvgIpc) is 2.62. The summed E-state index contributed by atoms with van der Waals surface area (Å²) in [4.78, 5) is 16.0. The molecule has 1 unspecified atom stereocenters. The molecule has 0 aliphatic rings. The van der Waals surface area contributed by atoms with Crippen molar-refractivity contribution in [1.29, 1.82) is 0 Å². The van der Waals surface area contributed by atoms with Crippen molar-refractivity contribution in [3.05, 3.63) is 18.2 Å². The molecule has 0 spiro atoms. The molecule has 0 aliphatic carbocycles. The molecule has 5 nitrogen and oxygen atoms in total. The molecule has 0 saturated heterocycles. The molecule has 0 aliphatic heterocycles. The van der Waals surface area contributed by atoms with Crippen LogP contribution in [0.25, 0.3) is 0 Å². The molecule has 0 fully saturated rings. The van der Waals surface area contributed by atoms with E-state index in [1.807, 2.05) is 38.5 Å². The van der Waals surface area contributed by atoms with Gasteiger partial charge in [0.2, 0.25) is 0 Å². The van der Waals surface area contributed by atoms with Gasteiger partial charge in [0.05, 0.1) is 13.7 Å². The van der Waals surface area contributed by atoms with Gasteiger partial charge in [0, 0.05) is 18.4 Å². The second kappa shape index (κ2) is 5.31. The maximum atomic E-state index is 11.9. The molecule has 96 valence electrons. The summed E-state index contributed by atoms with van der Waals surface area (Å²) in [5.41, 5.74) is -0.742. The lowest BCUT2D eigenvalue weighted by molar-refractivity contribution is -0.148. The zero-order valence-corrected chi connectivity index (χ0v) is 11.2. The topological polar surface area (TPSA) is 56.2 Å². The molecule has 1 aromatic heterocycles. The van der Waals surface area contributed by atoms with Crippen LogP contribution >= 0.6 is 0 Å². The van der Waals surface area contributed by atoms with Crippen molar-refractivity contribution < 1.29 is 9.53 Å². The molecule has 5 heteroatoms. The normalized spacial score (nSPS) is 14.7. The lowest BCUT2D eigenvalue weighted by atomic mass is 10.0. The Morgan fingerprint density at radius 1 is 1.65 bits per heavy atom. The van der Waals surface area contributed by atoms with Crippen molar-refractivity contribution in [3.8, 4) is 0 Å². The number of aryl methyl sites for hydroxylation is 1. The van der Waals surface area contributed by atoms with Crippen molar-refractivity contribution in [1.82, 2.24) is 14.9 Å². The molecule has 17 heavy (non-hydrogen) atoms. The van der Waals surface area contributed by atoms with E-state index in [9.17, 15) is 4.79 Å². The lowest BCUT2D eigenvalue weighted by Gasteiger charge is -2.30. The van der Waals surface area contributed by atoms with Gasteiger partial charge in [-0.1, -0.05) is 0 Å². The van der Waals surface area contributed by atoms with E-state index in [0.29, 0.717) is 6.54 Å². The number of hydrogen-bond acceptors (Lipinski definition) is 4. The first kappa shape index (κ1) is 13.7. The van der Waals surface area contributed by atoms with Gasteiger partial charge in [0.1, 0.15) is 11.4 Å². The minimum absolute atomic E-state index is 0.197. The standard InChI is InChI=1S/C12H21N3O2/c1-9(2)14-12(4,11(16)17-5)8-15-7-6-13-10(15)3/h6-7,9,14H,8H2,1-5H3. The molecule has 1 rings (SSSR count). The summed E-state index contributed by atoms with van der Waals surface area (Å²) in [6.07, 6.45) is 3.58. The lowest BCUT2D eigenvalue weighted by Crippen LogP contribution is -2.55. The Kier molecular flexibility index (Phi) is 4.28. The molecule has 1 aromatic rings. The minimum Gasteiger partial charge on any atom is -0.468 e. The third-order valence-corrected chi connectivity index (χ3v) is 2.65. The van der Waals surface area contributed by atoms with Crippen LogP contribution in [0.4, 0.5) is 0 Å². The van der Waals surface area contributed by atoms with Crippen molar-refractivity contribution in [3.63, 3.8) is 0 Å². The van der Waals surface area contributed by atoms with E-state index in [1.165, 1.54) is 7.11 Å². The van der Waals surface area contributed by atoms with Crippen LogP contribution in [-0.4, -0.2) is 34.2 Å². The number of methoxy groups -OCH3 is 1. The van der Waals surface area contributed by atoms with Crippen LogP contribution in [0.3, 0.4) is 0 Å². The average molecular weight is 239 g/mol. The maximum Gasteiger partial charge on any atom is 0.327 e. The third-order valence-electron chi connectivity index (χ3n) is 2.65. The first-order valence-electron chi connectivity index (χ1n) is 5.73.